The molecule has 2 aromatic heterocycles. The van der Waals surface area contributed by atoms with Gasteiger partial charge in [0.15, 0.2) is 5.82 Å². The quantitative estimate of drug-likeness (QED) is 0.843. The maximum Gasteiger partial charge on any atom is 0.408 e. The van der Waals surface area contributed by atoms with Gasteiger partial charge in [-0.15, -0.1) is 10.2 Å². The first-order chi connectivity index (χ1) is 9.78. The highest BCUT2D eigenvalue weighted by atomic mass is 79.9. The Bertz CT molecular complexity index is 669. The van der Waals surface area contributed by atoms with Crippen LogP contribution in [0.2, 0.25) is 0 Å². The molecule has 0 aliphatic carbocycles. The Hall–Kier alpha value is -1.98. The predicted molar refractivity (Wildman–Crippen MR) is 68.5 cm³/mol. The van der Waals surface area contributed by atoms with Gasteiger partial charge in [0.2, 0.25) is 0 Å². The molecule has 2 N–H and O–H groups in total. The second kappa shape index (κ2) is 5.79. The fourth-order valence-corrected chi connectivity index (χ4v) is 1.92. The average Bonchev–Trinajstić information content (AvgIpc) is 2.91. The number of aromatic nitrogens is 6. The summed E-state index contributed by atoms with van der Waals surface area (Å²) in [6.07, 6.45) is -3.41. The molecule has 12 heteroatoms. The Kier molecular flexibility index (Phi) is 4.25. The normalized spacial score (nSPS) is 13.2. The van der Waals surface area contributed by atoms with Gasteiger partial charge in [0.05, 0.1) is 17.9 Å². The standard InChI is InChI=1S/C9H9BrF3N7O/c1-4(7-16-18-19-17-7)15-5-2-14-20(3-9(11,12)13)8(21)6(5)10/h2,4,15H,3H2,1H3,(H,16,17,18,19). The summed E-state index contributed by atoms with van der Waals surface area (Å²) in [7, 11) is 0. The molecule has 1 atom stereocenters. The molecule has 0 bridgehead atoms. The van der Waals surface area contributed by atoms with Crippen molar-refractivity contribution in [3.63, 3.8) is 0 Å². The smallest absolute Gasteiger partial charge is 0.373 e. The number of nitrogens with zero attached hydrogens (tertiary/aromatic N) is 5. The van der Waals surface area contributed by atoms with E-state index in [1.54, 1.807) is 6.92 Å². The molecule has 114 valence electrons. The lowest BCUT2D eigenvalue weighted by Crippen LogP contribution is -2.31. The molecule has 0 amide bonds. The lowest BCUT2D eigenvalue weighted by molar-refractivity contribution is -0.143. The third-order valence-electron chi connectivity index (χ3n) is 2.43. The van der Waals surface area contributed by atoms with Crippen molar-refractivity contribution in [1.82, 2.24) is 30.4 Å². The molecule has 2 aromatic rings. The minimum atomic E-state index is -4.52. The molecule has 0 saturated heterocycles. The molecule has 21 heavy (non-hydrogen) atoms. The van der Waals surface area contributed by atoms with Gasteiger partial charge in [-0.05, 0) is 22.9 Å². The molecule has 0 radical (unpaired) electrons. The van der Waals surface area contributed by atoms with E-state index in [4.69, 9.17) is 0 Å². The van der Waals surface area contributed by atoms with Crippen LogP contribution in [0.25, 0.3) is 0 Å². The Balaban J connectivity index is 2.23. The molecule has 8 nitrogen and oxygen atoms in total. The number of tetrazole rings is 1. The van der Waals surface area contributed by atoms with Crippen molar-refractivity contribution >= 4 is 21.6 Å². The van der Waals surface area contributed by atoms with Gasteiger partial charge in [0.1, 0.15) is 11.0 Å². The van der Waals surface area contributed by atoms with Crippen LogP contribution in [0.4, 0.5) is 18.9 Å². The number of H-pyrrole nitrogens is 1. The molecule has 0 saturated carbocycles. The number of anilines is 1. The van der Waals surface area contributed by atoms with Crippen LogP contribution in [0.15, 0.2) is 15.5 Å². The second-order valence-corrected chi connectivity index (χ2v) is 4.88. The maximum atomic E-state index is 12.3. The molecule has 2 heterocycles. The van der Waals surface area contributed by atoms with Gasteiger partial charge in [-0.1, -0.05) is 5.21 Å². The number of alkyl halides is 3. The molecule has 0 aromatic carbocycles. The van der Waals surface area contributed by atoms with Gasteiger partial charge in [-0.2, -0.15) is 23.5 Å². The third-order valence-corrected chi connectivity index (χ3v) is 3.20. The minimum absolute atomic E-state index is 0.0582. The molecule has 1 unspecified atom stereocenters. The zero-order valence-corrected chi connectivity index (χ0v) is 12.1. The Morgan fingerprint density at radius 1 is 1.52 bits per heavy atom. The highest BCUT2D eigenvalue weighted by Crippen LogP contribution is 2.22. The van der Waals surface area contributed by atoms with Gasteiger partial charge in [-0.3, -0.25) is 4.79 Å². The summed E-state index contributed by atoms with van der Waals surface area (Å²) in [6, 6.07) is -0.417. The van der Waals surface area contributed by atoms with Crippen molar-refractivity contribution in [2.45, 2.75) is 25.7 Å². The van der Waals surface area contributed by atoms with Crippen molar-refractivity contribution in [3.05, 3.63) is 26.8 Å². The van der Waals surface area contributed by atoms with E-state index < -0.39 is 24.3 Å². The van der Waals surface area contributed by atoms with E-state index in [-0.39, 0.29) is 10.2 Å². The zero-order chi connectivity index (χ0) is 15.6. The van der Waals surface area contributed by atoms with Crippen molar-refractivity contribution < 1.29 is 13.2 Å². The van der Waals surface area contributed by atoms with E-state index in [2.05, 4.69) is 47.0 Å². The van der Waals surface area contributed by atoms with Crippen LogP contribution in [0.3, 0.4) is 0 Å². The third kappa shape index (κ3) is 3.77. The molecule has 0 fully saturated rings. The fourth-order valence-electron chi connectivity index (χ4n) is 1.50. The lowest BCUT2D eigenvalue weighted by Gasteiger charge is -2.14. The summed E-state index contributed by atoms with van der Waals surface area (Å²) >= 11 is 2.96. The Morgan fingerprint density at radius 3 is 2.81 bits per heavy atom. The number of nitrogens with one attached hydrogen (secondary N) is 2. The number of hydrogen-bond acceptors (Lipinski definition) is 6. The monoisotopic (exact) mass is 367 g/mol. The van der Waals surface area contributed by atoms with Crippen molar-refractivity contribution in [2.75, 3.05) is 5.32 Å². The minimum Gasteiger partial charge on any atom is -0.373 e. The van der Waals surface area contributed by atoms with Crippen LogP contribution in [-0.4, -0.2) is 36.6 Å². The molecule has 2 rings (SSSR count). The lowest BCUT2D eigenvalue weighted by atomic mass is 10.3. The topological polar surface area (TPSA) is 101 Å². The average molecular weight is 368 g/mol. The van der Waals surface area contributed by atoms with E-state index >= 15 is 0 Å². The van der Waals surface area contributed by atoms with Gasteiger partial charge in [0.25, 0.3) is 5.56 Å². The van der Waals surface area contributed by atoms with Crippen LogP contribution < -0.4 is 10.9 Å². The van der Waals surface area contributed by atoms with E-state index in [0.29, 0.717) is 10.5 Å². The number of aromatic amines is 1. The first-order valence-corrected chi connectivity index (χ1v) is 6.39. The van der Waals surface area contributed by atoms with Crippen LogP contribution in [0, 0.1) is 0 Å². The van der Waals surface area contributed by atoms with Crippen molar-refractivity contribution in [3.8, 4) is 0 Å². The van der Waals surface area contributed by atoms with Crippen LogP contribution >= 0.6 is 15.9 Å². The summed E-state index contributed by atoms with van der Waals surface area (Å²) in [5, 5.41) is 19.5. The first-order valence-electron chi connectivity index (χ1n) is 5.60. The number of rotatable bonds is 4. The summed E-state index contributed by atoms with van der Waals surface area (Å²) in [6.45, 7) is 0.240. The molecular formula is C9H9BrF3N7O. The second-order valence-electron chi connectivity index (χ2n) is 4.09. The van der Waals surface area contributed by atoms with Crippen molar-refractivity contribution in [2.24, 2.45) is 0 Å². The van der Waals surface area contributed by atoms with E-state index in [0.717, 1.165) is 6.20 Å². The highest BCUT2D eigenvalue weighted by Gasteiger charge is 2.29. The van der Waals surface area contributed by atoms with Gasteiger partial charge in [0, 0.05) is 0 Å². The summed E-state index contributed by atoms with van der Waals surface area (Å²) < 4.78 is 37.1. The Labute approximate surface area is 123 Å². The van der Waals surface area contributed by atoms with Gasteiger partial charge in [-0.25, -0.2) is 4.68 Å². The predicted octanol–water partition coefficient (Wildman–Crippen LogP) is 1.25. The van der Waals surface area contributed by atoms with E-state index in [1.807, 2.05) is 0 Å². The van der Waals surface area contributed by atoms with Gasteiger partial charge >= 0.3 is 6.18 Å². The SMILES string of the molecule is CC(Nc1cnn(CC(F)(F)F)c(=O)c1Br)c1nn[nH]n1. The van der Waals surface area contributed by atoms with Crippen LogP contribution in [0.1, 0.15) is 18.8 Å². The summed E-state index contributed by atoms with van der Waals surface area (Å²) in [4.78, 5) is 11.8. The molecule has 0 spiro atoms. The summed E-state index contributed by atoms with van der Waals surface area (Å²) in [5.74, 6) is 0.335. The highest BCUT2D eigenvalue weighted by molar-refractivity contribution is 9.10. The maximum absolute atomic E-state index is 12.3. The van der Waals surface area contributed by atoms with Crippen LogP contribution in [-0.2, 0) is 6.54 Å². The number of halogens is 4. The van der Waals surface area contributed by atoms with E-state index in [9.17, 15) is 18.0 Å². The van der Waals surface area contributed by atoms with E-state index in [1.165, 1.54) is 0 Å². The van der Waals surface area contributed by atoms with Crippen molar-refractivity contribution in [1.29, 1.82) is 0 Å². The van der Waals surface area contributed by atoms with Gasteiger partial charge < -0.3 is 5.32 Å². The summed E-state index contributed by atoms with van der Waals surface area (Å²) in [5.41, 5.74) is -0.659. The largest absolute Gasteiger partial charge is 0.408 e. The zero-order valence-electron chi connectivity index (χ0n) is 10.5. The molecular weight excluding hydrogens is 359 g/mol. The first kappa shape index (κ1) is 15.4. The molecule has 0 aliphatic rings. The number of hydrogen-bond donors (Lipinski definition) is 2. The molecule has 0 aliphatic heterocycles. The Morgan fingerprint density at radius 2 is 2.24 bits per heavy atom. The van der Waals surface area contributed by atoms with Crippen LogP contribution in [0.5, 0.6) is 0 Å². The fraction of sp³-hybridized carbons (Fsp3) is 0.444.